The van der Waals surface area contributed by atoms with Crippen molar-refractivity contribution in [2.24, 2.45) is 0 Å². The molecule has 0 aliphatic rings. The molecule has 0 aromatic heterocycles. The molecule has 0 saturated heterocycles. The average molecular weight is 355 g/mol. The lowest BCUT2D eigenvalue weighted by Gasteiger charge is -2.18. The number of nitro benzene ring substituents is 1. The molecule has 0 spiro atoms. The fourth-order valence-electron chi connectivity index (χ4n) is 1.92. The van der Waals surface area contributed by atoms with Gasteiger partial charge in [-0.1, -0.05) is 0 Å². The Hall–Kier alpha value is -2.15. The maximum atomic E-state index is 13.2. The number of anilines is 1. The number of non-ortho nitro benzene ring substituents is 1. The molecule has 0 radical (unpaired) electrons. The SMILES string of the molecule is CC(Nc1ccc([N+](=O)[O-])cc1Br)c1cc(F)ccc1O. The van der Waals surface area contributed by atoms with Crippen LogP contribution in [0.3, 0.4) is 0 Å². The summed E-state index contributed by atoms with van der Waals surface area (Å²) in [4.78, 5) is 10.2. The van der Waals surface area contributed by atoms with Crippen molar-refractivity contribution in [2.45, 2.75) is 13.0 Å². The van der Waals surface area contributed by atoms with Crippen molar-refractivity contribution < 1.29 is 14.4 Å². The topological polar surface area (TPSA) is 75.4 Å². The molecule has 21 heavy (non-hydrogen) atoms. The number of hydrogen-bond acceptors (Lipinski definition) is 4. The first-order chi connectivity index (χ1) is 9.88. The summed E-state index contributed by atoms with van der Waals surface area (Å²) in [6, 6.07) is 7.62. The quantitative estimate of drug-likeness (QED) is 0.631. The minimum absolute atomic E-state index is 0.0190. The number of nitrogens with one attached hydrogen (secondary N) is 1. The maximum absolute atomic E-state index is 13.2. The molecule has 1 atom stereocenters. The lowest BCUT2D eigenvalue weighted by Crippen LogP contribution is -2.08. The van der Waals surface area contributed by atoms with Gasteiger partial charge in [-0.2, -0.15) is 0 Å². The van der Waals surface area contributed by atoms with Crippen molar-refractivity contribution in [1.82, 2.24) is 0 Å². The van der Waals surface area contributed by atoms with E-state index < -0.39 is 10.7 Å². The third-order valence-electron chi connectivity index (χ3n) is 2.99. The van der Waals surface area contributed by atoms with E-state index in [4.69, 9.17) is 0 Å². The second-order valence-electron chi connectivity index (χ2n) is 4.49. The number of rotatable bonds is 4. The highest BCUT2D eigenvalue weighted by Crippen LogP contribution is 2.32. The number of nitro groups is 1. The molecule has 0 fully saturated rings. The van der Waals surface area contributed by atoms with Crippen molar-refractivity contribution in [1.29, 1.82) is 0 Å². The van der Waals surface area contributed by atoms with Crippen LogP contribution in [0.5, 0.6) is 5.75 Å². The standard InChI is InChI=1S/C14H12BrFN2O3/c1-8(11-6-9(16)2-5-14(11)19)17-13-4-3-10(18(20)21)7-12(13)15/h2-8,17,19H,1H3. The Kier molecular flexibility index (Phi) is 4.42. The van der Waals surface area contributed by atoms with Crippen LogP contribution in [0.2, 0.25) is 0 Å². The van der Waals surface area contributed by atoms with Gasteiger partial charge in [0.2, 0.25) is 0 Å². The zero-order chi connectivity index (χ0) is 15.6. The van der Waals surface area contributed by atoms with Crippen molar-refractivity contribution in [3.05, 3.63) is 62.4 Å². The Balaban J connectivity index is 2.25. The summed E-state index contributed by atoms with van der Waals surface area (Å²) in [6.45, 7) is 1.75. The minimum atomic E-state index is -0.490. The Morgan fingerprint density at radius 3 is 2.67 bits per heavy atom. The first-order valence-electron chi connectivity index (χ1n) is 6.07. The Labute approximate surface area is 128 Å². The highest BCUT2D eigenvalue weighted by Gasteiger charge is 2.14. The molecule has 5 nitrogen and oxygen atoms in total. The molecule has 0 heterocycles. The Bertz CT molecular complexity index is 694. The summed E-state index contributed by atoms with van der Waals surface area (Å²) in [6.07, 6.45) is 0. The van der Waals surface area contributed by atoms with Crippen LogP contribution in [-0.4, -0.2) is 10.0 Å². The molecule has 7 heteroatoms. The van der Waals surface area contributed by atoms with Crippen LogP contribution >= 0.6 is 15.9 Å². The van der Waals surface area contributed by atoms with Crippen molar-refractivity contribution in [3.8, 4) is 5.75 Å². The molecule has 0 amide bonds. The summed E-state index contributed by atoms with van der Waals surface area (Å²) in [5, 5.41) is 23.5. The number of aromatic hydroxyl groups is 1. The molecule has 2 N–H and O–H groups in total. The zero-order valence-electron chi connectivity index (χ0n) is 11.0. The summed E-state index contributed by atoms with van der Waals surface area (Å²) in [5.41, 5.74) is 0.977. The van der Waals surface area contributed by atoms with Crippen LogP contribution in [0.15, 0.2) is 40.9 Å². The first-order valence-corrected chi connectivity index (χ1v) is 6.86. The third-order valence-corrected chi connectivity index (χ3v) is 3.65. The molecular formula is C14H12BrFN2O3. The molecule has 1 unspecified atom stereocenters. The highest BCUT2D eigenvalue weighted by atomic mass is 79.9. The Morgan fingerprint density at radius 2 is 2.05 bits per heavy atom. The number of halogens is 2. The van der Waals surface area contributed by atoms with E-state index in [1.807, 2.05) is 0 Å². The number of hydrogen-bond donors (Lipinski definition) is 2. The summed E-state index contributed by atoms with van der Waals surface area (Å²) >= 11 is 3.25. The van der Waals surface area contributed by atoms with Crippen LogP contribution in [-0.2, 0) is 0 Å². The van der Waals surface area contributed by atoms with Gasteiger partial charge >= 0.3 is 0 Å². The van der Waals surface area contributed by atoms with E-state index >= 15 is 0 Å². The van der Waals surface area contributed by atoms with Gasteiger partial charge in [0, 0.05) is 27.9 Å². The number of nitrogens with zero attached hydrogens (tertiary/aromatic N) is 1. The van der Waals surface area contributed by atoms with E-state index in [-0.39, 0.29) is 17.5 Å². The average Bonchev–Trinajstić information content (AvgIpc) is 2.43. The number of phenols is 1. The number of phenolic OH excluding ortho intramolecular Hbond substituents is 1. The summed E-state index contributed by atoms with van der Waals surface area (Å²) in [5.74, 6) is -0.464. The lowest BCUT2D eigenvalue weighted by atomic mass is 10.1. The van der Waals surface area contributed by atoms with Gasteiger partial charge in [0.15, 0.2) is 0 Å². The second kappa shape index (κ2) is 6.09. The van der Waals surface area contributed by atoms with Crippen LogP contribution in [0.25, 0.3) is 0 Å². The predicted molar refractivity (Wildman–Crippen MR) is 80.9 cm³/mol. The largest absolute Gasteiger partial charge is 0.508 e. The van der Waals surface area contributed by atoms with E-state index in [0.717, 1.165) is 0 Å². The fraction of sp³-hybridized carbons (Fsp3) is 0.143. The first kappa shape index (κ1) is 15.2. The van der Waals surface area contributed by atoms with E-state index in [2.05, 4.69) is 21.2 Å². The molecule has 0 saturated carbocycles. The van der Waals surface area contributed by atoms with Gasteiger partial charge in [-0.15, -0.1) is 0 Å². The third kappa shape index (κ3) is 3.49. The van der Waals surface area contributed by atoms with Gasteiger partial charge in [-0.05, 0) is 47.1 Å². The van der Waals surface area contributed by atoms with Crippen molar-refractivity contribution in [3.63, 3.8) is 0 Å². The van der Waals surface area contributed by atoms with Gasteiger partial charge in [0.25, 0.3) is 5.69 Å². The smallest absolute Gasteiger partial charge is 0.270 e. The summed E-state index contributed by atoms with van der Waals surface area (Å²) < 4.78 is 13.8. The van der Waals surface area contributed by atoms with E-state index in [1.165, 1.54) is 30.3 Å². The van der Waals surface area contributed by atoms with Gasteiger partial charge < -0.3 is 10.4 Å². The molecule has 2 rings (SSSR count). The van der Waals surface area contributed by atoms with Crippen LogP contribution in [0, 0.1) is 15.9 Å². The van der Waals surface area contributed by atoms with Gasteiger partial charge in [-0.3, -0.25) is 10.1 Å². The molecule has 0 aliphatic heterocycles. The molecular weight excluding hydrogens is 343 g/mol. The van der Waals surface area contributed by atoms with Gasteiger partial charge in [0.05, 0.1) is 11.0 Å². The molecule has 2 aromatic rings. The summed E-state index contributed by atoms with van der Waals surface area (Å²) in [7, 11) is 0. The molecule has 0 bridgehead atoms. The van der Waals surface area contributed by atoms with Gasteiger partial charge in [0.1, 0.15) is 11.6 Å². The normalized spacial score (nSPS) is 12.0. The minimum Gasteiger partial charge on any atom is -0.508 e. The molecule has 2 aromatic carbocycles. The van der Waals surface area contributed by atoms with Gasteiger partial charge in [-0.25, -0.2) is 4.39 Å². The maximum Gasteiger partial charge on any atom is 0.270 e. The van der Waals surface area contributed by atoms with Crippen LogP contribution < -0.4 is 5.32 Å². The second-order valence-corrected chi connectivity index (χ2v) is 5.34. The van der Waals surface area contributed by atoms with E-state index in [0.29, 0.717) is 15.7 Å². The van der Waals surface area contributed by atoms with Crippen LogP contribution in [0.4, 0.5) is 15.8 Å². The van der Waals surface area contributed by atoms with E-state index in [1.54, 1.807) is 13.0 Å². The van der Waals surface area contributed by atoms with E-state index in [9.17, 15) is 19.6 Å². The fourth-order valence-corrected chi connectivity index (χ4v) is 2.40. The van der Waals surface area contributed by atoms with Crippen LogP contribution in [0.1, 0.15) is 18.5 Å². The predicted octanol–water partition coefficient (Wildman–Crippen LogP) is 4.38. The molecule has 0 aliphatic carbocycles. The number of benzene rings is 2. The van der Waals surface area contributed by atoms with Crippen molar-refractivity contribution in [2.75, 3.05) is 5.32 Å². The zero-order valence-corrected chi connectivity index (χ0v) is 12.6. The molecule has 110 valence electrons. The monoisotopic (exact) mass is 354 g/mol. The lowest BCUT2D eigenvalue weighted by molar-refractivity contribution is -0.384. The highest BCUT2D eigenvalue weighted by molar-refractivity contribution is 9.10. The van der Waals surface area contributed by atoms with Crippen molar-refractivity contribution >= 4 is 27.3 Å². The Morgan fingerprint density at radius 1 is 1.33 bits per heavy atom.